The third-order valence-electron chi connectivity index (χ3n) is 4.59. The third kappa shape index (κ3) is 5.13. The Labute approximate surface area is 167 Å². The molecule has 1 aliphatic heterocycles. The van der Waals surface area contributed by atoms with Crippen LogP contribution in [0.1, 0.15) is 27.7 Å². The van der Waals surface area contributed by atoms with Gasteiger partial charge < -0.3 is 9.64 Å². The number of amides is 1. The van der Waals surface area contributed by atoms with Gasteiger partial charge in [0, 0.05) is 44.3 Å². The molecule has 1 saturated heterocycles. The first-order chi connectivity index (χ1) is 12.6. The molecule has 152 valence electrons. The molecule has 7 nitrogen and oxygen atoms in total. The van der Waals surface area contributed by atoms with Gasteiger partial charge in [0.05, 0.1) is 0 Å². The zero-order chi connectivity index (χ0) is 20.2. The van der Waals surface area contributed by atoms with Gasteiger partial charge in [0.15, 0.2) is 5.60 Å². The number of nitrogens with zero attached hydrogens (tertiary/aromatic N) is 3. The van der Waals surface area contributed by atoms with Gasteiger partial charge in [0.2, 0.25) is 0 Å². The highest BCUT2D eigenvalue weighted by molar-refractivity contribution is 7.86. The summed E-state index contributed by atoms with van der Waals surface area (Å²) in [5.41, 5.74) is -1.06. The van der Waals surface area contributed by atoms with E-state index in [1.807, 2.05) is 13.8 Å². The summed E-state index contributed by atoms with van der Waals surface area (Å²) >= 11 is 5.87. The molecule has 1 aliphatic rings. The van der Waals surface area contributed by atoms with E-state index in [1.54, 1.807) is 43.0 Å². The Hall–Kier alpha value is -1.35. The molecule has 0 spiro atoms. The largest absolute Gasteiger partial charge is 0.478 e. The highest BCUT2D eigenvalue weighted by Gasteiger charge is 2.38. The minimum atomic E-state index is -3.48. The van der Waals surface area contributed by atoms with E-state index in [-0.39, 0.29) is 19.0 Å². The average molecular weight is 418 g/mol. The van der Waals surface area contributed by atoms with Crippen LogP contribution < -0.4 is 4.74 Å². The van der Waals surface area contributed by atoms with Crippen LogP contribution in [0, 0.1) is 0 Å². The molecule has 0 unspecified atom stereocenters. The lowest BCUT2D eigenvalue weighted by atomic mass is 10.1. The first-order valence-electron chi connectivity index (χ1n) is 9.11. The molecule has 0 aliphatic carbocycles. The van der Waals surface area contributed by atoms with Crippen molar-refractivity contribution < 1.29 is 17.9 Å². The lowest BCUT2D eigenvalue weighted by Crippen LogP contribution is -2.58. The van der Waals surface area contributed by atoms with Crippen LogP contribution in [0.3, 0.4) is 0 Å². The first kappa shape index (κ1) is 21.9. The van der Waals surface area contributed by atoms with Crippen molar-refractivity contribution in [3.05, 3.63) is 29.3 Å². The average Bonchev–Trinajstić information content (AvgIpc) is 2.63. The summed E-state index contributed by atoms with van der Waals surface area (Å²) in [4.78, 5) is 14.5. The molecular weight excluding hydrogens is 390 g/mol. The van der Waals surface area contributed by atoms with E-state index < -0.39 is 15.8 Å². The van der Waals surface area contributed by atoms with Crippen LogP contribution in [0.4, 0.5) is 0 Å². The molecule has 1 heterocycles. The van der Waals surface area contributed by atoms with Gasteiger partial charge in [-0.05, 0) is 38.1 Å². The summed E-state index contributed by atoms with van der Waals surface area (Å²) in [6.07, 6.45) is 0. The van der Waals surface area contributed by atoms with Crippen LogP contribution in [0.2, 0.25) is 5.02 Å². The number of hydrogen-bond donors (Lipinski definition) is 0. The quantitative estimate of drug-likeness (QED) is 0.682. The number of halogens is 1. The summed E-state index contributed by atoms with van der Waals surface area (Å²) in [6.45, 7) is 9.16. The zero-order valence-electron chi connectivity index (χ0n) is 16.3. The van der Waals surface area contributed by atoms with Crippen molar-refractivity contribution in [2.75, 3.05) is 39.3 Å². The highest BCUT2D eigenvalue weighted by atomic mass is 35.5. The maximum Gasteiger partial charge on any atom is 0.282 e. The van der Waals surface area contributed by atoms with Gasteiger partial charge in [-0.15, -0.1) is 0 Å². The van der Waals surface area contributed by atoms with Crippen molar-refractivity contribution in [1.29, 1.82) is 0 Å². The van der Waals surface area contributed by atoms with E-state index in [4.69, 9.17) is 16.3 Å². The highest BCUT2D eigenvalue weighted by Crippen LogP contribution is 2.23. The van der Waals surface area contributed by atoms with E-state index >= 15 is 0 Å². The molecule has 0 saturated carbocycles. The molecule has 1 amide bonds. The Morgan fingerprint density at radius 3 is 2.11 bits per heavy atom. The van der Waals surface area contributed by atoms with Crippen LogP contribution in [-0.2, 0) is 15.0 Å². The van der Waals surface area contributed by atoms with E-state index in [2.05, 4.69) is 0 Å². The number of benzene rings is 1. The molecular formula is C18H28ClN3O4S. The van der Waals surface area contributed by atoms with Crippen LogP contribution in [0.25, 0.3) is 0 Å². The topological polar surface area (TPSA) is 70.2 Å². The smallest absolute Gasteiger partial charge is 0.282 e. The lowest BCUT2D eigenvalue weighted by Gasteiger charge is -2.39. The standard InChI is InChI=1S/C18H28ClN3O4S/c1-5-21(6-2)27(24,25)22-13-11-20(12-14-22)17(23)18(3,4)26-16-9-7-15(19)8-10-16/h7-10H,5-6,11-14H2,1-4H3. The fourth-order valence-corrected chi connectivity index (χ4v) is 4.79. The Morgan fingerprint density at radius 1 is 1.11 bits per heavy atom. The monoisotopic (exact) mass is 417 g/mol. The zero-order valence-corrected chi connectivity index (χ0v) is 17.9. The molecule has 0 radical (unpaired) electrons. The maximum absolute atomic E-state index is 12.9. The number of piperazine rings is 1. The minimum absolute atomic E-state index is 0.169. The Kier molecular flexibility index (Phi) is 7.13. The van der Waals surface area contributed by atoms with Gasteiger partial charge in [-0.1, -0.05) is 25.4 Å². The number of hydrogen-bond acceptors (Lipinski definition) is 4. The molecule has 0 bridgehead atoms. The van der Waals surface area contributed by atoms with Crippen molar-refractivity contribution in [2.45, 2.75) is 33.3 Å². The van der Waals surface area contributed by atoms with E-state index in [1.165, 1.54) is 8.61 Å². The molecule has 27 heavy (non-hydrogen) atoms. The maximum atomic E-state index is 12.9. The predicted octanol–water partition coefficient (Wildman–Crippen LogP) is 2.23. The van der Waals surface area contributed by atoms with Crippen LogP contribution >= 0.6 is 11.6 Å². The predicted molar refractivity (Wildman–Crippen MR) is 106 cm³/mol. The van der Waals surface area contributed by atoms with E-state index in [9.17, 15) is 13.2 Å². The molecule has 0 N–H and O–H groups in total. The second kappa shape index (κ2) is 8.77. The van der Waals surface area contributed by atoms with Gasteiger partial charge >= 0.3 is 0 Å². The van der Waals surface area contributed by atoms with Crippen LogP contribution in [0.5, 0.6) is 5.75 Å². The second-order valence-corrected chi connectivity index (χ2v) is 9.21. The second-order valence-electron chi connectivity index (χ2n) is 6.85. The molecule has 9 heteroatoms. The summed E-state index contributed by atoms with van der Waals surface area (Å²) in [7, 11) is -3.48. The summed E-state index contributed by atoms with van der Waals surface area (Å²) < 4.78 is 33.9. The SMILES string of the molecule is CCN(CC)S(=O)(=O)N1CCN(C(=O)C(C)(C)Oc2ccc(Cl)cc2)CC1. The first-order valence-corrected chi connectivity index (χ1v) is 10.9. The van der Waals surface area contributed by atoms with Gasteiger partial charge in [0.1, 0.15) is 5.75 Å². The van der Waals surface area contributed by atoms with Crippen molar-refractivity contribution in [2.24, 2.45) is 0 Å². The van der Waals surface area contributed by atoms with Crippen molar-refractivity contribution >= 4 is 27.7 Å². The number of rotatable bonds is 7. The Balaban J connectivity index is 2.00. The van der Waals surface area contributed by atoms with Crippen LogP contribution in [0.15, 0.2) is 24.3 Å². The van der Waals surface area contributed by atoms with Crippen molar-refractivity contribution in [3.63, 3.8) is 0 Å². The molecule has 1 aromatic rings. The fraction of sp³-hybridized carbons (Fsp3) is 0.611. The number of carbonyl (C=O) groups excluding carboxylic acids is 1. The van der Waals surface area contributed by atoms with Gasteiger partial charge in [0.25, 0.3) is 16.1 Å². The Bertz CT molecular complexity index is 740. The summed E-state index contributed by atoms with van der Waals surface area (Å²) in [6, 6.07) is 6.83. The molecule has 2 rings (SSSR count). The third-order valence-corrected chi connectivity index (χ3v) is 7.02. The van der Waals surface area contributed by atoms with Crippen LogP contribution in [-0.4, -0.2) is 72.7 Å². The summed E-state index contributed by atoms with van der Waals surface area (Å²) in [5, 5.41) is 0.594. The summed E-state index contributed by atoms with van der Waals surface area (Å²) in [5.74, 6) is 0.387. The van der Waals surface area contributed by atoms with Gasteiger partial charge in [-0.3, -0.25) is 4.79 Å². The minimum Gasteiger partial charge on any atom is -0.478 e. The van der Waals surface area contributed by atoms with E-state index in [0.717, 1.165) is 0 Å². The number of ether oxygens (including phenoxy) is 1. The Morgan fingerprint density at radius 2 is 1.63 bits per heavy atom. The molecule has 0 atom stereocenters. The fourth-order valence-electron chi connectivity index (χ4n) is 3.06. The molecule has 1 aromatic carbocycles. The molecule has 0 aromatic heterocycles. The van der Waals surface area contributed by atoms with Crippen molar-refractivity contribution in [3.8, 4) is 5.75 Å². The molecule has 1 fully saturated rings. The number of carbonyl (C=O) groups is 1. The van der Waals surface area contributed by atoms with Gasteiger partial charge in [-0.25, -0.2) is 0 Å². The van der Waals surface area contributed by atoms with E-state index in [0.29, 0.717) is 37.0 Å². The normalized spacial score (nSPS) is 16.6. The van der Waals surface area contributed by atoms with Gasteiger partial charge in [-0.2, -0.15) is 17.0 Å². The lowest BCUT2D eigenvalue weighted by molar-refractivity contribution is -0.146. The van der Waals surface area contributed by atoms with Crippen molar-refractivity contribution in [1.82, 2.24) is 13.5 Å².